The smallest absolute Gasteiger partial charge is 0.0548 e. The Bertz CT molecular complexity index is 116. The summed E-state index contributed by atoms with van der Waals surface area (Å²) >= 11 is 0. The summed E-state index contributed by atoms with van der Waals surface area (Å²) in [4.78, 5) is 0. The molecule has 1 saturated heterocycles. The maximum absolute atomic E-state index is 9.04. The van der Waals surface area contributed by atoms with Gasteiger partial charge in [-0.05, 0) is 5.41 Å². The highest BCUT2D eigenvalue weighted by atomic mass is 16.5. The van der Waals surface area contributed by atoms with Gasteiger partial charge in [0.25, 0.3) is 0 Å². The van der Waals surface area contributed by atoms with Crippen LogP contribution in [0.4, 0.5) is 0 Å². The quantitative estimate of drug-likeness (QED) is 0.627. The molecule has 2 heteroatoms. The molecule has 0 spiro atoms. The zero-order valence-electron chi connectivity index (χ0n) is 6.98. The SMILES string of the molecule is CC(C)(CO)C1(C)COC1. The molecule has 0 aromatic carbocycles. The van der Waals surface area contributed by atoms with Crippen molar-refractivity contribution in [2.24, 2.45) is 10.8 Å². The Kier molecular flexibility index (Phi) is 1.77. The molecule has 1 aliphatic rings. The second-order valence-electron chi connectivity index (χ2n) is 4.10. The molecule has 0 aromatic rings. The van der Waals surface area contributed by atoms with E-state index in [4.69, 9.17) is 9.84 Å². The number of aliphatic hydroxyl groups excluding tert-OH is 1. The van der Waals surface area contributed by atoms with E-state index in [1.165, 1.54) is 0 Å². The van der Waals surface area contributed by atoms with Crippen LogP contribution in [0.15, 0.2) is 0 Å². The van der Waals surface area contributed by atoms with Crippen LogP contribution in [0.1, 0.15) is 20.8 Å². The maximum atomic E-state index is 9.04. The first-order valence-electron chi connectivity index (χ1n) is 3.70. The minimum Gasteiger partial charge on any atom is -0.396 e. The Morgan fingerprint density at radius 2 is 2.00 bits per heavy atom. The van der Waals surface area contributed by atoms with Crippen molar-refractivity contribution in [2.75, 3.05) is 19.8 Å². The first-order chi connectivity index (χ1) is 4.52. The number of rotatable bonds is 2. The first-order valence-corrected chi connectivity index (χ1v) is 3.70. The third-order valence-corrected chi connectivity index (χ3v) is 2.87. The Hall–Kier alpha value is -0.0800. The lowest BCUT2D eigenvalue weighted by Crippen LogP contribution is -2.52. The molecule has 1 rings (SSSR count). The normalized spacial score (nSPS) is 24.0. The summed E-state index contributed by atoms with van der Waals surface area (Å²) < 4.78 is 5.11. The molecular formula is C8H16O2. The van der Waals surface area contributed by atoms with E-state index in [1.54, 1.807) is 0 Å². The summed E-state index contributed by atoms with van der Waals surface area (Å²) in [5.41, 5.74) is 0.201. The van der Waals surface area contributed by atoms with Gasteiger partial charge in [0, 0.05) is 12.0 Å². The summed E-state index contributed by atoms with van der Waals surface area (Å²) in [6.07, 6.45) is 0. The largest absolute Gasteiger partial charge is 0.396 e. The molecule has 1 aliphatic heterocycles. The van der Waals surface area contributed by atoms with Crippen molar-refractivity contribution in [1.82, 2.24) is 0 Å². The van der Waals surface area contributed by atoms with Gasteiger partial charge in [0.2, 0.25) is 0 Å². The summed E-state index contributed by atoms with van der Waals surface area (Å²) in [6, 6.07) is 0. The van der Waals surface area contributed by atoms with E-state index < -0.39 is 0 Å². The van der Waals surface area contributed by atoms with Crippen LogP contribution in [0.2, 0.25) is 0 Å². The van der Waals surface area contributed by atoms with Crippen molar-refractivity contribution < 1.29 is 9.84 Å². The van der Waals surface area contributed by atoms with Crippen LogP contribution in [0, 0.1) is 10.8 Å². The third kappa shape index (κ3) is 0.956. The van der Waals surface area contributed by atoms with Crippen LogP contribution in [0.3, 0.4) is 0 Å². The standard InChI is InChI=1S/C8H16O2/c1-7(2,4-9)8(3)5-10-6-8/h9H,4-6H2,1-3H3. The highest BCUT2D eigenvalue weighted by Gasteiger charge is 2.46. The van der Waals surface area contributed by atoms with Gasteiger partial charge in [0.05, 0.1) is 13.2 Å². The average molecular weight is 144 g/mol. The zero-order valence-corrected chi connectivity index (χ0v) is 6.98. The summed E-state index contributed by atoms with van der Waals surface area (Å²) in [7, 11) is 0. The molecule has 0 aliphatic carbocycles. The van der Waals surface area contributed by atoms with Gasteiger partial charge in [0.1, 0.15) is 0 Å². The lowest BCUT2D eigenvalue weighted by atomic mass is 9.66. The minimum absolute atomic E-state index is 0.00521. The second kappa shape index (κ2) is 2.21. The van der Waals surface area contributed by atoms with Gasteiger partial charge in [-0.2, -0.15) is 0 Å². The number of hydrogen-bond acceptors (Lipinski definition) is 2. The molecule has 0 bridgehead atoms. The van der Waals surface area contributed by atoms with E-state index in [0.717, 1.165) is 13.2 Å². The van der Waals surface area contributed by atoms with Crippen LogP contribution < -0.4 is 0 Å². The first kappa shape index (κ1) is 8.02. The Morgan fingerprint density at radius 1 is 1.50 bits per heavy atom. The van der Waals surface area contributed by atoms with Crippen LogP contribution in [-0.4, -0.2) is 24.9 Å². The maximum Gasteiger partial charge on any atom is 0.0548 e. The van der Waals surface area contributed by atoms with Gasteiger partial charge >= 0.3 is 0 Å². The van der Waals surface area contributed by atoms with Crippen molar-refractivity contribution in [1.29, 1.82) is 0 Å². The van der Waals surface area contributed by atoms with Crippen molar-refractivity contribution in [2.45, 2.75) is 20.8 Å². The molecular weight excluding hydrogens is 128 g/mol. The molecule has 0 aromatic heterocycles. The van der Waals surface area contributed by atoms with Gasteiger partial charge in [-0.1, -0.05) is 20.8 Å². The molecule has 0 saturated carbocycles. The van der Waals surface area contributed by atoms with Crippen LogP contribution >= 0.6 is 0 Å². The van der Waals surface area contributed by atoms with Gasteiger partial charge in [-0.15, -0.1) is 0 Å². The van der Waals surface area contributed by atoms with Crippen LogP contribution in [0.5, 0.6) is 0 Å². The van der Waals surface area contributed by atoms with Gasteiger partial charge in [-0.3, -0.25) is 0 Å². The highest BCUT2D eigenvalue weighted by molar-refractivity contribution is 4.93. The fraction of sp³-hybridized carbons (Fsp3) is 1.00. The molecule has 1 heterocycles. The minimum atomic E-state index is 0.00521. The molecule has 0 unspecified atom stereocenters. The van der Waals surface area contributed by atoms with Gasteiger partial charge in [0.15, 0.2) is 0 Å². The monoisotopic (exact) mass is 144 g/mol. The summed E-state index contributed by atoms with van der Waals surface area (Å²) in [5, 5.41) is 9.04. The highest BCUT2D eigenvalue weighted by Crippen LogP contribution is 2.43. The van der Waals surface area contributed by atoms with Crippen molar-refractivity contribution in [3.05, 3.63) is 0 Å². The third-order valence-electron chi connectivity index (χ3n) is 2.87. The fourth-order valence-corrected chi connectivity index (χ4v) is 0.990. The summed E-state index contributed by atoms with van der Waals surface area (Å²) in [5.74, 6) is 0. The lowest BCUT2D eigenvalue weighted by molar-refractivity contribution is -0.174. The number of ether oxygens (including phenoxy) is 1. The average Bonchev–Trinajstić information content (AvgIpc) is 1.82. The molecule has 60 valence electrons. The number of hydrogen-bond donors (Lipinski definition) is 1. The van der Waals surface area contributed by atoms with Crippen molar-refractivity contribution in [3.8, 4) is 0 Å². The summed E-state index contributed by atoms with van der Waals surface area (Å²) in [6.45, 7) is 8.14. The zero-order chi connectivity index (χ0) is 7.83. The molecule has 1 N–H and O–H groups in total. The molecule has 0 radical (unpaired) electrons. The Labute approximate surface area is 62.2 Å². The van der Waals surface area contributed by atoms with E-state index in [9.17, 15) is 0 Å². The molecule has 1 fully saturated rings. The Balaban J connectivity index is 2.61. The molecule has 0 atom stereocenters. The fourth-order valence-electron chi connectivity index (χ4n) is 0.990. The van der Waals surface area contributed by atoms with E-state index in [2.05, 4.69) is 20.8 Å². The topological polar surface area (TPSA) is 29.5 Å². The van der Waals surface area contributed by atoms with Gasteiger partial charge < -0.3 is 9.84 Å². The second-order valence-corrected chi connectivity index (χ2v) is 4.10. The van der Waals surface area contributed by atoms with E-state index in [0.29, 0.717) is 0 Å². The Morgan fingerprint density at radius 3 is 2.10 bits per heavy atom. The molecule has 2 nitrogen and oxygen atoms in total. The van der Waals surface area contributed by atoms with Gasteiger partial charge in [-0.25, -0.2) is 0 Å². The number of aliphatic hydroxyl groups is 1. The lowest BCUT2D eigenvalue weighted by Gasteiger charge is -2.49. The van der Waals surface area contributed by atoms with Crippen molar-refractivity contribution >= 4 is 0 Å². The van der Waals surface area contributed by atoms with Crippen molar-refractivity contribution in [3.63, 3.8) is 0 Å². The molecule has 0 amide bonds. The van der Waals surface area contributed by atoms with E-state index in [1.807, 2.05) is 0 Å². The van der Waals surface area contributed by atoms with Crippen LogP contribution in [0.25, 0.3) is 0 Å². The van der Waals surface area contributed by atoms with E-state index >= 15 is 0 Å². The predicted molar refractivity (Wildman–Crippen MR) is 39.8 cm³/mol. The van der Waals surface area contributed by atoms with E-state index in [-0.39, 0.29) is 17.4 Å². The van der Waals surface area contributed by atoms with Crippen LogP contribution in [-0.2, 0) is 4.74 Å². The molecule has 10 heavy (non-hydrogen) atoms. The predicted octanol–water partition coefficient (Wildman–Crippen LogP) is 1.04.